The van der Waals surface area contributed by atoms with Gasteiger partial charge in [0.2, 0.25) is 0 Å². The Kier molecular flexibility index (Phi) is 21.2. The van der Waals surface area contributed by atoms with Crippen LogP contribution in [0.2, 0.25) is 0 Å². The van der Waals surface area contributed by atoms with E-state index in [9.17, 15) is 0 Å². The van der Waals surface area contributed by atoms with Crippen LogP contribution in [-0.2, 0) is 13.1 Å². The van der Waals surface area contributed by atoms with E-state index in [1.807, 2.05) is 0 Å². The number of nitrogens with two attached hydrogens (primary N) is 2. The van der Waals surface area contributed by atoms with Crippen LogP contribution >= 0.6 is 20.2 Å². The second-order valence-corrected chi connectivity index (χ2v) is 4.58. The van der Waals surface area contributed by atoms with Crippen molar-refractivity contribution >= 4 is 20.2 Å². The average molecular weight is 310 g/mol. The molecule has 0 bridgehead atoms. The molecule has 0 saturated heterocycles. The Balaban J connectivity index is 0. The van der Waals surface area contributed by atoms with E-state index in [1.54, 1.807) is 0 Å². The van der Waals surface area contributed by atoms with E-state index < -0.39 is 0 Å². The third kappa shape index (κ3) is 17.5. The molecule has 0 amide bonds. The molecular weight excluding hydrogens is 287 g/mol. The van der Waals surface area contributed by atoms with Crippen LogP contribution in [-0.4, -0.2) is 44.2 Å². The average Bonchev–Trinajstić information content (AvgIpc) is 2.20. The Hall–Kier alpha value is 0.939. The molecule has 0 aromatic heterocycles. The number of unbranched alkanes of at least 4 members (excludes halogenated alkanes) is 1. The molecule has 0 aliphatic carbocycles. The molecule has 7 heteroatoms. The first-order chi connectivity index (χ1) is 7.26. The Bertz CT molecular complexity index is 105. The summed E-state index contributed by atoms with van der Waals surface area (Å²) in [5.41, 5.74) is 14.7. The van der Waals surface area contributed by atoms with Crippen molar-refractivity contribution in [3.8, 4) is 0 Å². The molecule has 0 heterocycles. The SMILES string of the molecule is NCCN(CCN)CCCC[NH3+].[Cl][Cu][Cl]. The third-order valence-corrected chi connectivity index (χ3v) is 1.86. The molecule has 0 aliphatic heterocycles. The molecule has 0 radical (unpaired) electrons. The monoisotopic (exact) mass is 308 g/mol. The van der Waals surface area contributed by atoms with Gasteiger partial charge in [-0.15, -0.1) is 0 Å². The summed E-state index contributed by atoms with van der Waals surface area (Å²) in [5.74, 6) is 0. The molecule has 0 spiro atoms. The minimum absolute atomic E-state index is 0.727. The van der Waals surface area contributed by atoms with Gasteiger partial charge in [-0.25, -0.2) is 0 Å². The van der Waals surface area contributed by atoms with Gasteiger partial charge in [0, 0.05) is 26.2 Å². The molecule has 0 rings (SSSR count). The van der Waals surface area contributed by atoms with E-state index in [4.69, 9.17) is 11.5 Å². The maximum atomic E-state index is 5.47. The van der Waals surface area contributed by atoms with Gasteiger partial charge in [0.15, 0.2) is 0 Å². The topological polar surface area (TPSA) is 82.9 Å². The normalized spacial score (nSPS) is 10.3. The standard InChI is InChI=1S/C8H22N4.2ClH.Cu/c9-3-1-2-6-12(7-4-10)8-5-11;;;/h1-11H2;2*1H;/q;;;+2/p-1. The number of nitrogens with zero attached hydrogens (tertiary/aromatic N) is 1. The fraction of sp³-hybridized carbons (Fsp3) is 1.00. The van der Waals surface area contributed by atoms with Crippen LogP contribution in [0.3, 0.4) is 0 Å². The summed E-state index contributed by atoms with van der Waals surface area (Å²) in [5, 5.41) is 0. The number of quaternary nitrogens is 1. The maximum absolute atomic E-state index is 5.47. The zero-order chi connectivity index (χ0) is 11.9. The van der Waals surface area contributed by atoms with Gasteiger partial charge in [0.25, 0.3) is 0 Å². The molecule has 0 fully saturated rings. The van der Waals surface area contributed by atoms with Crippen LogP contribution in [0.15, 0.2) is 0 Å². The molecular formula is C8H23Cl2CuN4+. The van der Waals surface area contributed by atoms with E-state index in [1.165, 1.54) is 12.8 Å². The second-order valence-electron chi connectivity index (χ2n) is 3.02. The predicted octanol–water partition coefficient (Wildman–Crippen LogP) is -0.396. The van der Waals surface area contributed by atoms with Crippen molar-refractivity contribution in [2.75, 3.05) is 39.3 Å². The van der Waals surface area contributed by atoms with Gasteiger partial charge >= 0.3 is 33.3 Å². The minimum atomic E-state index is 0.727. The first-order valence-corrected chi connectivity index (χ1v) is 7.58. The first-order valence-electron chi connectivity index (χ1n) is 4.99. The van der Waals surface area contributed by atoms with Crippen LogP contribution in [0, 0.1) is 0 Å². The zero-order valence-electron chi connectivity index (χ0n) is 9.02. The predicted molar refractivity (Wildman–Crippen MR) is 63.2 cm³/mol. The summed E-state index contributed by atoms with van der Waals surface area (Å²) in [6, 6.07) is 0. The van der Waals surface area contributed by atoms with E-state index in [-0.39, 0.29) is 0 Å². The summed E-state index contributed by atoms with van der Waals surface area (Å²) >= 11 is 0.757. The van der Waals surface area contributed by atoms with Crippen LogP contribution in [0.1, 0.15) is 12.8 Å². The van der Waals surface area contributed by atoms with E-state index in [0.717, 1.165) is 52.4 Å². The first kappa shape index (κ1) is 18.3. The number of rotatable bonds is 8. The summed E-state index contributed by atoms with van der Waals surface area (Å²) in [6.07, 6.45) is 2.41. The fourth-order valence-corrected chi connectivity index (χ4v) is 1.21. The number of halogens is 2. The van der Waals surface area contributed by atoms with Crippen molar-refractivity contribution in [2.24, 2.45) is 11.5 Å². The molecule has 15 heavy (non-hydrogen) atoms. The van der Waals surface area contributed by atoms with Gasteiger partial charge < -0.3 is 22.1 Å². The van der Waals surface area contributed by atoms with Crippen molar-refractivity contribution in [3.63, 3.8) is 0 Å². The molecule has 0 atom stereocenters. The quantitative estimate of drug-likeness (QED) is 0.422. The van der Waals surface area contributed by atoms with E-state index in [2.05, 4.69) is 30.8 Å². The van der Waals surface area contributed by atoms with E-state index in [0.29, 0.717) is 0 Å². The Morgan fingerprint density at radius 3 is 1.80 bits per heavy atom. The summed E-state index contributed by atoms with van der Waals surface area (Å²) in [7, 11) is 9.34. The van der Waals surface area contributed by atoms with Crippen molar-refractivity contribution in [2.45, 2.75) is 12.8 Å². The van der Waals surface area contributed by atoms with Gasteiger partial charge in [-0.3, -0.25) is 0 Å². The van der Waals surface area contributed by atoms with Crippen LogP contribution < -0.4 is 17.2 Å². The number of hydrogen-bond donors (Lipinski definition) is 3. The number of hydrogen-bond acceptors (Lipinski definition) is 3. The summed E-state index contributed by atoms with van der Waals surface area (Å²) in [4.78, 5) is 2.32. The molecule has 7 N–H and O–H groups in total. The van der Waals surface area contributed by atoms with Crippen LogP contribution in [0.25, 0.3) is 0 Å². The summed E-state index contributed by atoms with van der Waals surface area (Å²) < 4.78 is 0. The van der Waals surface area contributed by atoms with Crippen molar-refractivity contribution in [3.05, 3.63) is 0 Å². The molecule has 99 valence electrons. The molecule has 0 aromatic carbocycles. The Morgan fingerprint density at radius 1 is 1.00 bits per heavy atom. The van der Waals surface area contributed by atoms with Crippen LogP contribution in [0.5, 0.6) is 0 Å². The molecule has 4 nitrogen and oxygen atoms in total. The second kappa shape index (κ2) is 17.3. The van der Waals surface area contributed by atoms with Gasteiger partial charge in [0.1, 0.15) is 0 Å². The van der Waals surface area contributed by atoms with Gasteiger partial charge in [0.05, 0.1) is 6.54 Å². The summed E-state index contributed by atoms with van der Waals surface area (Å²) in [6.45, 7) is 5.53. The molecule has 0 aliphatic rings. The van der Waals surface area contributed by atoms with Gasteiger partial charge in [-0.2, -0.15) is 0 Å². The Morgan fingerprint density at radius 2 is 1.47 bits per heavy atom. The third-order valence-electron chi connectivity index (χ3n) is 1.86. The van der Waals surface area contributed by atoms with Crippen LogP contribution in [0.4, 0.5) is 0 Å². The molecule has 0 aromatic rings. The Labute approximate surface area is 107 Å². The van der Waals surface area contributed by atoms with Crippen molar-refractivity contribution < 1.29 is 18.9 Å². The van der Waals surface area contributed by atoms with E-state index >= 15 is 0 Å². The van der Waals surface area contributed by atoms with Gasteiger partial charge in [-0.05, 0) is 19.4 Å². The van der Waals surface area contributed by atoms with Crippen molar-refractivity contribution in [1.82, 2.24) is 4.90 Å². The zero-order valence-corrected chi connectivity index (χ0v) is 11.5. The van der Waals surface area contributed by atoms with Gasteiger partial charge in [-0.1, -0.05) is 0 Å². The van der Waals surface area contributed by atoms with Crippen molar-refractivity contribution in [1.29, 1.82) is 0 Å². The molecule has 0 unspecified atom stereocenters. The fourth-order valence-electron chi connectivity index (χ4n) is 1.21. The molecule has 0 saturated carbocycles.